The summed E-state index contributed by atoms with van der Waals surface area (Å²) in [6.45, 7) is 4.04. The van der Waals surface area contributed by atoms with Crippen LogP contribution in [0.15, 0.2) is 24.5 Å². The topological polar surface area (TPSA) is 64.4 Å². The highest BCUT2D eigenvalue weighted by Gasteiger charge is 2.28. The van der Waals surface area contributed by atoms with Crippen LogP contribution in [0.3, 0.4) is 0 Å². The molecule has 1 aliphatic heterocycles. The van der Waals surface area contributed by atoms with Gasteiger partial charge in [-0.2, -0.15) is 0 Å². The van der Waals surface area contributed by atoms with Gasteiger partial charge in [-0.25, -0.2) is 9.78 Å². The van der Waals surface area contributed by atoms with E-state index in [4.69, 9.17) is 4.74 Å². The van der Waals surface area contributed by atoms with Crippen LogP contribution in [0.1, 0.15) is 46.0 Å². The molecule has 1 aromatic carbocycles. The Morgan fingerprint density at radius 3 is 2.92 bits per heavy atom. The average molecular weight is 323 g/mol. The van der Waals surface area contributed by atoms with Crippen LogP contribution in [0.4, 0.5) is 0 Å². The monoisotopic (exact) mass is 323 g/mol. The van der Waals surface area contributed by atoms with Crippen LogP contribution < -0.4 is 0 Å². The molecule has 3 rings (SSSR count). The second-order valence-electron chi connectivity index (χ2n) is 5.40. The minimum Gasteiger partial charge on any atom is -0.461 e. The van der Waals surface area contributed by atoms with E-state index in [0.29, 0.717) is 16.9 Å². The Balaban J connectivity index is 2.19. The fourth-order valence-electron chi connectivity index (χ4n) is 2.74. The standard InChI is InChI=1S/C18H17N3O3/c1-4-6-12-7-8-14-13(9-12)17(22)20(3)10-15-16(18(23)24-5-2)19-11-21(14)15/h7-9,11H,5,10H2,1-3H3. The van der Waals surface area contributed by atoms with Gasteiger partial charge in [-0.3, -0.25) is 9.36 Å². The molecule has 0 saturated heterocycles. The number of benzene rings is 1. The van der Waals surface area contributed by atoms with Gasteiger partial charge in [0, 0.05) is 12.6 Å². The predicted octanol–water partition coefficient (Wildman–Crippen LogP) is 2.01. The first-order valence-corrected chi connectivity index (χ1v) is 7.62. The zero-order chi connectivity index (χ0) is 17.3. The quantitative estimate of drug-likeness (QED) is 0.626. The van der Waals surface area contributed by atoms with E-state index in [-0.39, 0.29) is 24.8 Å². The van der Waals surface area contributed by atoms with Gasteiger partial charge in [-0.05, 0) is 32.0 Å². The van der Waals surface area contributed by atoms with Crippen molar-refractivity contribution in [2.24, 2.45) is 0 Å². The zero-order valence-corrected chi connectivity index (χ0v) is 13.8. The molecular weight excluding hydrogens is 306 g/mol. The molecular formula is C18H17N3O3. The van der Waals surface area contributed by atoms with Crippen molar-refractivity contribution in [2.45, 2.75) is 20.4 Å². The fourth-order valence-corrected chi connectivity index (χ4v) is 2.74. The lowest BCUT2D eigenvalue weighted by Gasteiger charge is -2.14. The number of ether oxygens (including phenoxy) is 1. The molecule has 1 aromatic heterocycles. The highest BCUT2D eigenvalue weighted by Crippen LogP contribution is 2.26. The Labute approximate surface area is 140 Å². The summed E-state index contributed by atoms with van der Waals surface area (Å²) < 4.78 is 6.83. The first kappa shape index (κ1) is 15.8. The van der Waals surface area contributed by atoms with Crippen molar-refractivity contribution < 1.29 is 14.3 Å². The number of hydrogen-bond donors (Lipinski definition) is 0. The number of fused-ring (bicyclic) bond motifs is 3. The molecule has 0 radical (unpaired) electrons. The summed E-state index contributed by atoms with van der Waals surface area (Å²) in [6, 6.07) is 5.44. The molecule has 0 aliphatic carbocycles. The molecule has 0 spiro atoms. The molecule has 0 unspecified atom stereocenters. The molecule has 24 heavy (non-hydrogen) atoms. The summed E-state index contributed by atoms with van der Waals surface area (Å²) in [5.74, 6) is 5.18. The minimum atomic E-state index is -0.482. The Hall–Kier alpha value is -3.07. The van der Waals surface area contributed by atoms with Gasteiger partial charge in [0.1, 0.15) is 6.33 Å². The average Bonchev–Trinajstić information content (AvgIpc) is 2.94. The predicted molar refractivity (Wildman–Crippen MR) is 87.9 cm³/mol. The molecule has 2 aromatic rings. The molecule has 1 aliphatic rings. The van der Waals surface area contributed by atoms with Gasteiger partial charge < -0.3 is 9.64 Å². The van der Waals surface area contributed by atoms with Gasteiger partial charge in [0.05, 0.1) is 30.1 Å². The SMILES string of the molecule is CC#Cc1ccc2c(c1)C(=O)N(C)Cc1c(C(=O)OCC)ncn1-2. The molecule has 0 N–H and O–H groups in total. The van der Waals surface area contributed by atoms with Gasteiger partial charge in [-0.15, -0.1) is 5.92 Å². The van der Waals surface area contributed by atoms with Crippen LogP contribution in [-0.4, -0.2) is 40.0 Å². The van der Waals surface area contributed by atoms with Gasteiger partial charge in [0.2, 0.25) is 0 Å². The van der Waals surface area contributed by atoms with E-state index in [0.717, 1.165) is 5.56 Å². The Bertz CT molecular complexity index is 887. The Morgan fingerprint density at radius 2 is 2.21 bits per heavy atom. The second kappa shape index (κ2) is 6.20. The van der Waals surface area contributed by atoms with E-state index in [9.17, 15) is 9.59 Å². The Morgan fingerprint density at radius 1 is 1.42 bits per heavy atom. The first-order valence-electron chi connectivity index (χ1n) is 7.62. The molecule has 0 atom stereocenters. The largest absolute Gasteiger partial charge is 0.461 e. The van der Waals surface area contributed by atoms with Crippen molar-refractivity contribution in [2.75, 3.05) is 13.7 Å². The van der Waals surface area contributed by atoms with Crippen LogP contribution in [0, 0.1) is 11.8 Å². The van der Waals surface area contributed by atoms with E-state index >= 15 is 0 Å². The summed E-state index contributed by atoms with van der Waals surface area (Å²) in [5.41, 5.74) is 2.86. The first-order chi connectivity index (χ1) is 11.6. The van der Waals surface area contributed by atoms with Crippen molar-refractivity contribution in [1.82, 2.24) is 14.5 Å². The number of esters is 1. The summed E-state index contributed by atoms with van der Waals surface area (Å²) in [7, 11) is 1.70. The molecule has 2 heterocycles. The molecule has 6 nitrogen and oxygen atoms in total. The molecule has 122 valence electrons. The van der Waals surface area contributed by atoms with E-state index < -0.39 is 5.97 Å². The third-order valence-corrected chi connectivity index (χ3v) is 3.82. The van der Waals surface area contributed by atoms with Crippen molar-refractivity contribution >= 4 is 11.9 Å². The maximum atomic E-state index is 12.7. The van der Waals surface area contributed by atoms with E-state index in [2.05, 4.69) is 16.8 Å². The van der Waals surface area contributed by atoms with E-state index in [1.165, 1.54) is 0 Å². The van der Waals surface area contributed by atoms with Crippen molar-refractivity contribution in [1.29, 1.82) is 0 Å². The molecule has 0 bridgehead atoms. The van der Waals surface area contributed by atoms with Gasteiger partial charge in [-0.1, -0.05) is 5.92 Å². The van der Waals surface area contributed by atoms with Gasteiger partial charge in [0.25, 0.3) is 5.91 Å². The summed E-state index contributed by atoms with van der Waals surface area (Å²) in [5, 5.41) is 0. The number of carbonyl (C=O) groups excluding carboxylic acids is 2. The van der Waals surface area contributed by atoms with Crippen molar-refractivity contribution in [3.05, 3.63) is 47.0 Å². The lowest BCUT2D eigenvalue weighted by molar-refractivity contribution is 0.0516. The molecule has 1 amide bonds. The minimum absolute atomic E-state index is 0.122. The normalized spacial score (nSPS) is 12.6. The maximum absolute atomic E-state index is 12.7. The summed E-state index contributed by atoms with van der Waals surface area (Å²) in [6.07, 6.45) is 1.55. The second-order valence-corrected chi connectivity index (χ2v) is 5.40. The number of hydrogen-bond acceptors (Lipinski definition) is 4. The lowest BCUT2D eigenvalue weighted by Crippen LogP contribution is -2.26. The van der Waals surface area contributed by atoms with Crippen LogP contribution in [-0.2, 0) is 11.3 Å². The third-order valence-electron chi connectivity index (χ3n) is 3.82. The van der Waals surface area contributed by atoms with Crippen molar-refractivity contribution in [3.8, 4) is 17.5 Å². The van der Waals surface area contributed by atoms with E-state index in [1.54, 1.807) is 42.8 Å². The number of aromatic nitrogens is 2. The number of carbonyl (C=O) groups is 2. The van der Waals surface area contributed by atoms with Crippen molar-refractivity contribution in [3.63, 3.8) is 0 Å². The lowest BCUT2D eigenvalue weighted by atomic mass is 10.1. The highest BCUT2D eigenvalue weighted by molar-refractivity contribution is 5.99. The van der Waals surface area contributed by atoms with Crippen LogP contribution in [0.2, 0.25) is 0 Å². The molecule has 0 fully saturated rings. The number of imidazole rings is 1. The van der Waals surface area contributed by atoms with Gasteiger partial charge in [0.15, 0.2) is 5.69 Å². The summed E-state index contributed by atoms with van der Waals surface area (Å²) in [4.78, 5) is 30.6. The highest BCUT2D eigenvalue weighted by atomic mass is 16.5. The third kappa shape index (κ3) is 2.54. The van der Waals surface area contributed by atoms with Crippen LogP contribution >= 0.6 is 0 Å². The van der Waals surface area contributed by atoms with Gasteiger partial charge >= 0.3 is 5.97 Å². The molecule has 6 heteroatoms. The van der Waals surface area contributed by atoms with Crippen LogP contribution in [0.25, 0.3) is 5.69 Å². The maximum Gasteiger partial charge on any atom is 0.358 e. The number of nitrogens with zero attached hydrogens (tertiary/aromatic N) is 3. The number of rotatable bonds is 2. The number of amides is 1. The fraction of sp³-hybridized carbons (Fsp3) is 0.278. The van der Waals surface area contributed by atoms with E-state index in [1.807, 2.05) is 12.1 Å². The Kier molecular flexibility index (Phi) is 4.09. The summed E-state index contributed by atoms with van der Waals surface area (Å²) >= 11 is 0. The molecule has 0 saturated carbocycles. The zero-order valence-electron chi connectivity index (χ0n) is 13.8. The smallest absolute Gasteiger partial charge is 0.358 e. The van der Waals surface area contributed by atoms with Crippen LogP contribution in [0.5, 0.6) is 0 Å².